The molecule has 0 spiro atoms. The molecule has 0 bridgehead atoms. The summed E-state index contributed by atoms with van der Waals surface area (Å²) in [6.45, 7) is 6.21. The monoisotopic (exact) mass is 245 g/mol. The van der Waals surface area contributed by atoms with Gasteiger partial charge < -0.3 is 14.7 Å². The molecule has 0 aliphatic carbocycles. The first kappa shape index (κ1) is 11.5. The zero-order valence-corrected chi connectivity index (χ0v) is 10.9. The highest BCUT2D eigenvalue weighted by atomic mass is 16.3. The van der Waals surface area contributed by atoms with Gasteiger partial charge in [0, 0.05) is 12.0 Å². The second-order valence-electron chi connectivity index (χ2n) is 5.13. The van der Waals surface area contributed by atoms with E-state index in [9.17, 15) is 0 Å². The second kappa shape index (κ2) is 4.61. The number of nitrogens with zero attached hydrogens (tertiary/aromatic N) is 1. The zero-order chi connectivity index (χ0) is 12.5. The minimum absolute atomic E-state index is 0.719. The average molecular weight is 245 g/mol. The van der Waals surface area contributed by atoms with Gasteiger partial charge in [0.15, 0.2) is 0 Å². The second-order valence-corrected chi connectivity index (χ2v) is 5.13. The number of nitrogens with one attached hydrogen (secondary N) is 2. The highest BCUT2D eigenvalue weighted by molar-refractivity contribution is 5.61. The molecule has 0 amide bonds. The topological polar surface area (TPSA) is 53.9 Å². The Balaban J connectivity index is 1.78. The van der Waals surface area contributed by atoms with Gasteiger partial charge >= 0.3 is 0 Å². The summed E-state index contributed by atoms with van der Waals surface area (Å²) in [5.41, 5.74) is 2.18. The SMILES string of the molecule is Cc1cc(-c2cnc(CC3CCNC3)[nH]2)c(C)o1. The quantitative estimate of drug-likeness (QED) is 0.873. The van der Waals surface area contributed by atoms with Gasteiger partial charge in [-0.25, -0.2) is 4.98 Å². The Bertz CT molecular complexity index is 535. The number of hydrogen-bond acceptors (Lipinski definition) is 3. The van der Waals surface area contributed by atoms with Crippen LogP contribution in [0.5, 0.6) is 0 Å². The van der Waals surface area contributed by atoms with Crippen LogP contribution in [-0.4, -0.2) is 23.1 Å². The fourth-order valence-corrected chi connectivity index (χ4v) is 2.66. The normalized spacial score (nSPS) is 19.6. The van der Waals surface area contributed by atoms with Crippen molar-refractivity contribution in [1.82, 2.24) is 15.3 Å². The molecule has 1 atom stereocenters. The van der Waals surface area contributed by atoms with Gasteiger partial charge in [-0.15, -0.1) is 0 Å². The fraction of sp³-hybridized carbons (Fsp3) is 0.500. The minimum Gasteiger partial charge on any atom is -0.466 e. The van der Waals surface area contributed by atoms with Crippen LogP contribution in [0.4, 0.5) is 0 Å². The molecule has 1 unspecified atom stereocenters. The van der Waals surface area contributed by atoms with Crippen molar-refractivity contribution in [2.24, 2.45) is 5.92 Å². The summed E-state index contributed by atoms with van der Waals surface area (Å²) < 4.78 is 5.55. The Morgan fingerprint density at radius 1 is 1.44 bits per heavy atom. The number of rotatable bonds is 3. The van der Waals surface area contributed by atoms with Crippen molar-refractivity contribution in [3.05, 3.63) is 29.6 Å². The Morgan fingerprint density at radius 3 is 3.00 bits per heavy atom. The lowest BCUT2D eigenvalue weighted by atomic mass is 10.1. The summed E-state index contributed by atoms with van der Waals surface area (Å²) in [7, 11) is 0. The van der Waals surface area contributed by atoms with Crippen molar-refractivity contribution in [2.75, 3.05) is 13.1 Å². The first-order valence-electron chi connectivity index (χ1n) is 6.54. The van der Waals surface area contributed by atoms with Gasteiger partial charge in [-0.05, 0) is 45.3 Å². The van der Waals surface area contributed by atoms with E-state index in [4.69, 9.17) is 4.42 Å². The summed E-state index contributed by atoms with van der Waals surface area (Å²) in [5.74, 6) is 3.69. The summed E-state index contributed by atoms with van der Waals surface area (Å²) in [5, 5.41) is 3.39. The number of hydrogen-bond donors (Lipinski definition) is 2. The van der Waals surface area contributed by atoms with Gasteiger partial charge in [-0.1, -0.05) is 0 Å². The molecular weight excluding hydrogens is 226 g/mol. The highest BCUT2D eigenvalue weighted by Crippen LogP contribution is 2.25. The van der Waals surface area contributed by atoms with E-state index in [2.05, 4.69) is 21.4 Å². The van der Waals surface area contributed by atoms with Crippen LogP contribution in [0.2, 0.25) is 0 Å². The zero-order valence-electron chi connectivity index (χ0n) is 10.9. The number of furan rings is 1. The van der Waals surface area contributed by atoms with Crippen LogP contribution in [0.25, 0.3) is 11.3 Å². The van der Waals surface area contributed by atoms with Crippen molar-refractivity contribution in [1.29, 1.82) is 0 Å². The molecular formula is C14H19N3O. The van der Waals surface area contributed by atoms with E-state index in [1.165, 1.54) is 6.42 Å². The first-order valence-corrected chi connectivity index (χ1v) is 6.54. The van der Waals surface area contributed by atoms with Gasteiger partial charge in [0.1, 0.15) is 17.3 Å². The predicted octanol–water partition coefficient (Wildman–Crippen LogP) is 2.44. The van der Waals surface area contributed by atoms with Gasteiger partial charge in [0.05, 0.1) is 11.9 Å². The van der Waals surface area contributed by atoms with E-state index in [0.29, 0.717) is 0 Å². The standard InChI is InChI=1S/C14H19N3O/c1-9-5-12(10(2)18-9)13-8-16-14(17-13)6-11-3-4-15-7-11/h5,8,11,15H,3-4,6-7H2,1-2H3,(H,16,17). The van der Waals surface area contributed by atoms with Crippen molar-refractivity contribution < 1.29 is 4.42 Å². The largest absolute Gasteiger partial charge is 0.466 e. The Hall–Kier alpha value is -1.55. The number of aromatic amines is 1. The summed E-state index contributed by atoms with van der Waals surface area (Å²) in [6, 6.07) is 2.06. The molecule has 1 saturated heterocycles. The Labute approximate surface area is 107 Å². The van der Waals surface area contributed by atoms with Crippen molar-refractivity contribution >= 4 is 0 Å². The molecule has 1 aliphatic heterocycles. The number of H-pyrrole nitrogens is 1. The van der Waals surface area contributed by atoms with E-state index >= 15 is 0 Å². The van der Waals surface area contributed by atoms with E-state index < -0.39 is 0 Å². The summed E-state index contributed by atoms with van der Waals surface area (Å²) in [6.07, 6.45) is 4.19. The maximum Gasteiger partial charge on any atom is 0.110 e. The molecule has 18 heavy (non-hydrogen) atoms. The van der Waals surface area contributed by atoms with Crippen LogP contribution >= 0.6 is 0 Å². The Morgan fingerprint density at radius 2 is 2.33 bits per heavy atom. The molecule has 96 valence electrons. The molecule has 0 aromatic carbocycles. The van der Waals surface area contributed by atoms with Crippen molar-refractivity contribution in [2.45, 2.75) is 26.7 Å². The molecule has 1 aliphatic rings. The molecule has 3 rings (SSSR count). The number of aryl methyl sites for hydroxylation is 2. The molecule has 2 aromatic rings. The van der Waals surface area contributed by atoms with E-state index in [0.717, 1.165) is 54.0 Å². The lowest BCUT2D eigenvalue weighted by Crippen LogP contribution is -2.11. The highest BCUT2D eigenvalue weighted by Gasteiger charge is 2.17. The maximum atomic E-state index is 5.55. The molecule has 0 radical (unpaired) electrons. The average Bonchev–Trinajstić information content (AvgIpc) is 3.01. The van der Waals surface area contributed by atoms with Crippen molar-refractivity contribution in [3.63, 3.8) is 0 Å². The summed E-state index contributed by atoms with van der Waals surface area (Å²) >= 11 is 0. The minimum atomic E-state index is 0.719. The van der Waals surface area contributed by atoms with E-state index in [1.807, 2.05) is 20.0 Å². The molecule has 4 heteroatoms. The maximum absolute atomic E-state index is 5.55. The Kier molecular flexibility index (Phi) is 2.96. The smallest absolute Gasteiger partial charge is 0.110 e. The lowest BCUT2D eigenvalue weighted by molar-refractivity contribution is 0.505. The third-order valence-electron chi connectivity index (χ3n) is 3.60. The molecule has 3 heterocycles. The lowest BCUT2D eigenvalue weighted by Gasteiger charge is -2.04. The fourth-order valence-electron chi connectivity index (χ4n) is 2.66. The molecule has 4 nitrogen and oxygen atoms in total. The van der Waals surface area contributed by atoms with Crippen LogP contribution < -0.4 is 5.32 Å². The van der Waals surface area contributed by atoms with Gasteiger partial charge in [-0.2, -0.15) is 0 Å². The van der Waals surface area contributed by atoms with E-state index in [-0.39, 0.29) is 0 Å². The first-order chi connectivity index (χ1) is 8.72. The van der Waals surface area contributed by atoms with Crippen LogP contribution in [0.15, 0.2) is 16.7 Å². The predicted molar refractivity (Wildman–Crippen MR) is 70.4 cm³/mol. The molecule has 2 N–H and O–H groups in total. The van der Waals surface area contributed by atoms with Crippen molar-refractivity contribution in [3.8, 4) is 11.3 Å². The third kappa shape index (κ3) is 2.20. The van der Waals surface area contributed by atoms with Gasteiger partial charge in [-0.3, -0.25) is 0 Å². The molecule has 1 fully saturated rings. The van der Waals surface area contributed by atoms with Gasteiger partial charge in [0.2, 0.25) is 0 Å². The summed E-state index contributed by atoms with van der Waals surface area (Å²) in [4.78, 5) is 7.89. The van der Waals surface area contributed by atoms with Gasteiger partial charge in [0.25, 0.3) is 0 Å². The van der Waals surface area contributed by atoms with Crippen LogP contribution in [0.1, 0.15) is 23.8 Å². The van der Waals surface area contributed by atoms with Crippen LogP contribution in [-0.2, 0) is 6.42 Å². The van der Waals surface area contributed by atoms with Crippen LogP contribution in [0, 0.1) is 19.8 Å². The molecule has 0 saturated carbocycles. The third-order valence-corrected chi connectivity index (χ3v) is 3.60. The van der Waals surface area contributed by atoms with Crippen LogP contribution in [0.3, 0.4) is 0 Å². The number of imidazole rings is 1. The molecule has 2 aromatic heterocycles. The van der Waals surface area contributed by atoms with E-state index in [1.54, 1.807) is 0 Å². The number of aromatic nitrogens is 2.